The first-order valence-electron chi connectivity index (χ1n) is 31.5. The quantitative estimate of drug-likeness (QED) is 0.0201. The number of nitrogens with zero attached hydrogens (tertiary/aromatic N) is 3. The summed E-state index contributed by atoms with van der Waals surface area (Å²) in [5.74, 6) is -5.47. The maximum Gasteiger partial charge on any atom is 0.410 e. The van der Waals surface area contributed by atoms with Crippen LogP contribution in [0.25, 0.3) is 0 Å². The van der Waals surface area contributed by atoms with Crippen molar-refractivity contribution in [3.8, 4) is 0 Å². The van der Waals surface area contributed by atoms with Crippen molar-refractivity contribution in [1.29, 1.82) is 0 Å². The second-order valence-electron chi connectivity index (χ2n) is 27.6. The van der Waals surface area contributed by atoms with Crippen molar-refractivity contribution in [3.63, 3.8) is 0 Å². The van der Waals surface area contributed by atoms with Crippen molar-refractivity contribution in [2.45, 2.75) is 201 Å². The minimum absolute atomic E-state index is 0.0115. The summed E-state index contributed by atoms with van der Waals surface area (Å²) in [4.78, 5) is 139. The summed E-state index contributed by atoms with van der Waals surface area (Å²) in [6.07, 6.45) is 4.99. The van der Waals surface area contributed by atoms with Gasteiger partial charge < -0.3 is 41.0 Å². The summed E-state index contributed by atoms with van der Waals surface area (Å²) < 4.78 is 40.4. The number of ether oxygens (including phenoxy) is 2. The zero-order valence-corrected chi connectivity index (χ0v) is 57.8. The minimum Gasteiger partial charge on any atom is -0.444 e. The van der Waals surface area contributed by atoms with Crippen LogP contribution < -0.4 is 31.3 Å². The lowest BCUT2D eigenvalue weighted by atomic mass is 9.76. The van der Waals surface area contributed by atoms with Crippen molar-refractivity contribution in [2.75, 3.05) is 32.5 Å². The number of likely N-dealkylation sites (N-methyl/N-ethyl adjacent to an activating group) is 2. The van der Waals surface area contributed by atoms with Crippen LogP contribution in [0, 0.1) is 11.3 Å². The van der Waals surface area contributed by atoms with Crippen molar-refractivity contribution >= 4 is 75.2 Å². The van der Waals surface area contributed by atoms with Gasteiger partial charge in [-0.25, -0.2) is 22.7 Å². The standard InChI is InChI=1S/C69H99N9O14S/c1-45(2)53(76(15)63(86)57(66(4,5)6)74-62(85)58(77(16)65(88)92-68(10,11)12)69(13,14)49-30-22-18-23-31-49)42-46(3)59(82)75-93(89,90)44-48-34-36-50(37-35-48)71-60(83)51(32-25-26-40-70-64(87)91-67(7,8)9)73-61(84)52(43-47-28-20-17-21-29-47)72-54(79)33-24-19-27-41-78-55(80)38-39-56(78)81/h17-18,20-23,28-31,34-39,42,45,51-53,57-58H,19,24-27,32-33,40-41,43-44H2,1-16H3,(H,70,87)(H,71,83)(H,72,79)(H,73,84)(H,74,85)(H,75,82)/b46-42+/t51-,52-,53+,57+,58+/m0/s1. The molecule has 0 aromatic heterocycles. The maximum atomic E-state index is 14.8. The fourth-order valence-electron chi connectivity index (χ4n) is 10.4. The van der Waals surface area contributed by atoms with Crippen molar-refractivity contribution in [1.82, 2.24) is 40.7 Å². The Hall–Kier alpha value is -8.41. The normalized spacial score (nSPS) is 14.6. The van der Waals surface area contributed by atoms with E-state index in [2.05, 4.69) is 31.3 Å². The molecule has 3 aromatic rings. The van der Waals surface area contributed by atoms with E-state index in [0.29, 0.717) is 32.1 Å². The molecular formula is C69H99N9O14S. The van der Waals surface area contributed by atoms with Gasteiger partial charge in [-0.05, 0) is 121 Å². The Morgan fingerprint density at radius 1 is 0.634 bits per heavy atom. The Morgan fingerprint density at radius 3 is 1.77 bits per heavy atom. The monoisotopic (exact) mass is 1310 g/mol. The van der Waals surface area contributed by atoms with E-state index in [1.807, 2.05) is 64.1 Å². The van der Waals surface area contributed by atoms with Gasteiger partial charge in [-0.1, -0.05) is 134 Å². The Balaban J connectivity index is 1.48. The highest BCUT2D eigenvalue weighted by atomic mass is 32.2. The molecule has 3 aromatic carbocycles. The highest BCUT2D eigenvalue weighted by molar-refractivity contribution is 7.89. The molecular weight excluding hydrogens is 1210 g/mol. The number of carbonyl (C=O) groups is 10. The van der Waals surface area contributed by atoms with E-state index in [1.165, 1.54) is 73.3 Å². The van der Waals surface area contributed by atoms with Crippen LogP contribution in [0.2, 0.25) is 0 Å². The van der Waals surface area contributed by atoms with Gasteiger partial charge in [0.2, 0.25) is 39.6 Å². The van der Waals surface area contributed by atoms with Gasteiger partial charge in [0, 0.05) is 68.9 Å². The fraction of sp³-hybridized carbons (Fsp3) is 0.536. The smallest absolute Gasteiger partial charge is 0.410 e. The lowest BCUT2D eigenvalue weighted by Crippen LogP contribution is -2.63. The molecule has 23 nitrogen and oxygen atoms in total. The number of hydrogen-bond donors (Lipinski definition) is 6. The first-order valence-corrected chi connectivity index (χ1v) is 33.2. The first-order chi connectivity index (χ1) is 43.2. The van der Waals surface area contributed by atoms with Crippen LogP contribution in [0.4, 0.5) is 15.3 Å². The number of unbranched alkanes of at least 4 members (excludes halogenated alkanes) is 3. The van der Waals surface area contributed by atoms with Crippen LogP contribution in [0.1, 0.15) is 159 Å². The van der Waals surface area contributed by atoms with Crippen molar-refractivity contribution in [3.05, 3.63) is 125 Å². The number of rotatable bonds is 31. The molecule has 6 N–H and O–H groups in total. The summed E-state index contributed by atoms with van der Waals surface area (Å²) in [6.45, 7) is 24.9. The Bertz CT molecular complexity index is 3260. The SMILES string of the molecule is C/C(=C\[C@H](C(C)C)N(C)C(=O)[C@@H](NC(=O)[C@@H](N(C)C(=O)OC(C)(C)C)C(C)(C)c1ccccc1)C(C)(C)C)C(=O)NS(=O)(=O)Cc1ccc(NC(=O)[C@H](CCCCNC(=O)OC(C)(C)C)NC(=O)[C@H](Cc2ccccc2)NC(=O)CCCCCN2C(=O)C=CC2=O)cc1. The summed E-state index contributed by atoms with van der Waals surface area (Å²) in [7, 11) is -1.34. The molecule has 0 bridgehead atoms. The van der Waals surface area contributed by atoms with Crippen LogP contribution in [-0.4, -0.2) is 151 Å². The van der Waals surface area contributed by atoms with Crippen LogP contribution in [-0.2, 0) is 75.4 Å². The third-order valence-electron chi connectivity index (χ3n) is 15.3. The number of benzene rings is 3. The molecule has 10 amide bonds. The van der Waals surface area contributed by atoms with Crippen LogP contribution in [0.15, 0.2) is 109 Å². The van der Waals surface area contributed by atoms with E-state index in [9.17, 15) is 56.4 Å². The molecule has 0 radical (unpaired) electrons. The van der Waals surface area contributed by atoms with Gasteiger partial charge in [0.15, 0.2) is 0 Å². The van der Waals surface area contributed by atoms with E-state index in [-0.39, 0.29) is 66.9 Å². The van der Waals surface area contributed by atoms with E-state index >= 15 is 0 Å². The molecule has 1 aliphatic heterocycles. The predicted octanol–water partition coefficient (Wildman–Crippen LogP) is 8.14. The molecule has 0 spiro atoms. The van der Waals surface area contributed by atoms with Gasteiger partial charge in [-0.3, -0.25) is 48.2 Å². The maximum absolute atomic E-state index is 14.8. The summed E-state index contributed by atoms with van der Waals surface area (Å²) >= 11 is 0. The molecule has 0 fully saturated rings. The Labute approximate surface area is 549 Å². The molecule has 5 atom stereocenters. The summed E-state index contributed by atoms with van der Waals surface area (Å²) in [5, 5.41) is 14.1. The topological polar surface area (TPSA) is 305 Å². The number of anilines is 1. The lowest BCUT2D eigenvalue weighted by Gasteiger charge is -2.42. The largest absolute Gasteiger partial charge is 0.444 e. The third kappa shape index (κ3) is 25.2. The number of sulfonamides is 1. The average molecular weight is 1310 g/mol. The van der Waals surface area contributed by atoms with Gasteiger partial charge in [-0.15, -0.1) is 0 Å². The minimum atomic E-state index is -4.36. The second-order valence-corrected chi connectivity index (χ2v) is 29.3. The molecule has 24 heteroatoms. The molecule has 1 aliphatic rings. The van der Waals surface area contributed by atoms with Gasteiger partial charge in [-0.2, -0.15) is 0 Å². The van der Waals surface area contributed by atoms with Gasteiger partial charge in [0.25, 0.3) is 17.7 Å². The molecule has 1 heterocycles. The van der Waals surface area contributed by atoms with Gasteiger partial charge in [0.05, 0.1) is 11.8 Å². The number of hydrogen-bond acceptors (Lipinski definition) is 14. The predicted molar refractivity (Wildman–Crippen MR) is 356 cm³/mol. The zero-order valence-electron chi connectivity index (χ0n) is 57.0. The molecule has 0 saturated heterocycles. The van der Waals surface area contributed by atoms with E-state index in [4.69, 9.17) is 9.47 Å². The van der Waals surface area contributed by atoms with Crippen LogP contribution in [0.5, 0.6) is 0 Å². The fourth-order valence-corrected chi connectivity index (χ4v) is 11.5. The molecule has 4 rings (SSSR count). The first kappa shape index (κ1) is 77.0. The molecule has 0 saturated carbocycles. The Morgan fingerprint density at radius 2 is 1.22 bits per heavy atom. The highest BCUT2D eigenvalue weighted by Crippen LogP contribution is 2.33. The number of nitrogens with one attached hydrogen (secondary N) is 6. The lowest BCUT2D eigenvalue weighted by molar-refractivity contribution is -0.142. The van der Waals surface area contributed by atoms with E-state index < -0.39 is 116 Å². The van der Waals surface area contributed by atoms with Crippen LogP contribution >= 0.6 is 0 Å². The van der Waals surface area contributed by atoms with Crippen molar-refractivity contribution < 1.29 is 65.8 Å². The number of carbonyl (C=O) groups excluding carboxylic acids is 10. The molecule has 510 valence electrons. The second kappa shape index (κ2) is 34.0. The average Bonchev–Trinajstić information content (AvgIpc) is 1.25. The molecule has 0 unspecified atom stereocenters. The molecule has 93 heavy (non-hydrogen) atoms. The van der Waals surface area contributed by atoms with Crippen molar-refractivity contribution in [2.24, 2.45) is 11.3 Å². The summed E-state index contributed by atoms with van der Waals surface area (Å²) in [6, 6.07) is 18.7. The van der Waals surface area contributed by atoms with Gasteiger partial charge >= 0.3 is 12.2 Å². The number of imide groups is 1. The van der Waals surface area contributed by atoms with Crippen LogP contribution in [0.3, 0.4) is 0 Å². The highest BCUT2D eigenvalue weighted by Gasteiger charge is 2.46. The van der Waals surface area contributed by atoms with E-state index in [1.54, 1.807) is 86.6 Å². The number of amides is 10. The van der Waals surface area contributed by atoms with E-state index in [0.717, 1.165) is 16.0 Å². The third-order valence-corrected chi connectivity index (χ3v) is 16.6. The number of alkyl carbamates (subject to hydrolysis) is 1. The zero-order chi connectivity index (χ0) is 69.8. The molecule has 0 aliphatic carbocycles. The summed E-state index contributed by atoms with van der Waals surface area (Å²) in [5.41, 5.74) is -1.49. The Kier molecular flexibility index (Phi) is 28.1. The van der Waals surface area contributed by atoms with Gasteiger partial charge in [0.1, 0.15) is 35.4 Å².